The number of halogens is 2. The first-order chi connectivity index (χ1) is 9.92. The van der Waals surface area contributed by atoms with E-state index < -0.39 is 10.0 Å². The minimum absolute atomic E-state index is 0.0515. The summed E-state index contributed by atoms with van der Waals surface area (Å²) in [5, 5.41) is 9.37. The van der Waals surface area contributed by atoms with E-state index in [0.717, 1.165) is 11.1 Å². The Bertz CT molecular complexity index is 730. The number of aliphatic hydroxyl groups excluding tert-OH is 1. The number of hydrogen-bond acceptors (Lipinski definition) is 3. The van der Waals surface area contributed by atoms with Gasteiger partial charge < -0.3 is 5.11 Å². The first-order valence-corrected chi connectivity index (χ1v) is 8.29. The largest absolute Gasteiger partial charge is 0.392 e. The molecule has 0 fully saturated rings. The SMILES string of the molecule is O=S(=O)(NCc1ccc(CO)cc1)c1cc(Cl)ccc1Cl. The maximum atomic E-state index is 12.2. The van der Waals surface area contributed by atoms with E-state index in [9.17, 15) is 8.42 Å². The second kappa shape index (κ2) is 6.77. The minimum Gasteiger partial charge on any atom is -0.392 e. The van der Waals surface area contributed by atoms with Gasteiger partial charge in [-0.05, 0) is 29.3 Å². The van der Waals surface area contributed by atoms with E-state index in [2.05, 4.69) is 4.72 Å². The van der Waals surface area contributed by atoms with Gasteiger partial charge in [0.15, 0.2) is 0 Å². The Kier molecular flexibility index (Phi) is 5.24. The van der Waals surface area contributed by atoms with Gasteiger partial charge in [-0.15, -0.1) is 0 Å². The third-order valence-electron chi connectivity index (χ3n) is 2.85. The molecule has 0 saturated heterocycles. The highest BCUT2D eigenvalue weighted by atomic mass is 35.5. The van der Waals surface area contributed by atoms with Gasteiger partial charge in [-0.2, -0.15) is 0 Å². The Hall–Kier alpha value is -1.11. The number of aliphatic hydroxyl groups is 1. The molecule has 0 heterocycles. The van der Waals surface area contributed by atoms with Crippen LogP contribution in [0.2, 0.25) is 10.0 Å². The van der Waals surface area contributed by atoms with Crippen molar-refractivity contribution >= 4 is 33.2 Å². The van der Waals surface area contributed by atoms with Gasteiger partial charge in [-0.3, -0.25) is 0 Å². The van der Waals surface area contributed by atoms with Crippen LogP contribution < -0.4 is 4.72 Å². The number of benzene rings is 2. The summed E-state index contributed by atoms with van der Waals surface area (Å²) in [6, 6.07) is 11.2. The molecular formula is C14H13Cl2NO3S. The first kappa shape index (κ1) is 16.3. The van der Waals surface area contributed by atoms with Crippen LogP contribution in [-0.4, -0.2) is 13.5 Å². The molecule has 0 atom stereocenters. The van der Waals surface area contributed by atoms with Crippen LogP contribution in [0.3, 0.4) is 0 Å². The standard InChI is InChI=1S/C14H13Cl2NO3S/c15-12-5-6-13(16)14(7-12)21(19,20)17-8-10-1-3-11(9-18)4-2-10/h1-7,17-18H,8-9H2. The summed E-state index contributed by atoms with van der Waals surface area (Å²) in [5.74, 6) is 0. The predicted molar refractivity (Wildman–Crippen MR) is 82.9 cm³/mol. The van der Waals surface area contributed by atoms with Gasteiger partial charge in [0.05, 0.1) is 11.6 Å². The van der Waals surface area contributed by atoms with Crippen LogP contribution in [0.15, 0.2) is 47.4 Å². The van der Waals surface area contributed by atoms with Gasteiger partial charge >= 0.3 is 0 Å². The summed E-state index contributed by atoms with van der Waals surface area (Å²) in [5.41, 5.74) is 1.54. The van der Waals surface area contributed by atoms with E-state index in [1.807, 2.05) is 0 Å². The van der Waals surface area contributed by atoms with E-state index in [1.165, 1.54) is 18.2 Å². The first-order valence-electron chi connectivity index (χ1n) is 6.06. The summed E-state index contributed by atoms with van der Waals surface area (Å²) >= 11 is 11.7. The van der Waals surface area contributed by atoms with E-state index >= 15 is 0 Å². The average Bonchev–Trinajstić information content (AvgIpc) is 2.48. The van der Waals surface area contributed by atoms with Crippen molar-refractivity contribution in [3.8, 4) is 0 Å². The fourth-order valence-corrected chi connectivity index (χ4v) is 3.48. The van der Waals surface area contributed by atoms with Crippen molar-refractivity contribution in [2.45, 2.75) is 18.0 Å². The van der Waals surface area contributed by atoms with Gasteiger partial charge in [0.1, 0.15) is 4.90 Å². The zero-order valence-electron chi connectivity index (χ0n) is 10.9. The van der Waals surface area contributed by atoms with Crippen LogP contribution in [-0.2, 0) is 23.2 Å². The molecule has 4 nitrogen and oxygen atoms in total. The lowest BCUT2D eigenvalue weighted by molar-refractivity contribution is 0.282. The molecule has 2 rings (SSSR count). The third kappa shape index (κ3) is 4.18. The fraction of sp³-hybridized carbons (Fsp3) is 0.143. The molecule has 21 heavy (non-hydrogen) atoms. The zero-order chi connectivity index (χ0) is 15.5. The van der Waals surface area contributed by atoms with Gasteiger partial charge in [0.2, 0.25) is 10.0 Å². The summed E-state index contributed by atoms with van der Waals surface area (Å²) in [4.78, 5) is -0.0522. The molecule has 0 aliphatic carbocycles. The van der Waals surface area contributed by atoms with Crippen LogP contribution in [0.1, 0.15) is 11.1 Å². The van der Waals surface area contributed by atoms with Crippen molar-refractivity contribution in [1.82, 2.24) is 4.72 Å². The quantitative estimate of drug-likeness (QED) is 0.875. The third-order valence-corrected chi connectivity index (χ3v) is 4.97. The smallest absolute Gasteiger partial charge is 0.242 e. The Balaban J connectivity index is 2.15. The van der Waals surface area contributed by atoms with E-state index in [1.54, 1.807) is 24.3 Å². The molecule has 0 radical (unpaired) electrons. The molecule has 0 spiro atoms. The summed E-state index contributed by atoms with van der Waals surface area (Å²) in [7, 11) is -3.74. The predicted octanol–water partition coefficient (Wildman–Crippen LogP) is 2.96. The molecule has 2 aromatic carbocycles. The Morgan fingerprint density at radius 3 is 2.24 bits per heavy atom. The van der Waals surface area contributed by atoms with Crippen molar-refractivity contribution in [3.63, 3.8) is 0 Å². The van der Waals surface area contributed by atoms with E-state index in [-0.39, 0.29) is 23.1 Å². The number of rotatable bonds is 5. The van der Waals surface area contributed by atoms with Crippen molar-refractivity contribution < 1.29 is 13.5 Å². The number of nitrogens with one attached hydrogen (secondary N) is 1. The molecule has 0 aromatic heterocycles. The molecule has 7 heteroatoms. The van der Waals surface area contributed by atoms with Gasteiger partial charge in [0, 0.05) is 11.6 Å². The van der Waals surface area contributed by atoms with Gasteiger partial charge in [0.25, 0.3) is 0 Å². The molecule has 2 N–H and O–H groups in total. The average molecular weight is 346 g/mol. The molecule has 0 amide bonds. The Labute approximate surface area is 133 Å². The Morgan fingerprint density at radius 1 is 1.00 bits per heavy atom. The molecular weight excluding hydrogens is 333 g/mol. The van der Waals surface area contributed by atoms with Crippen molar-refractivity contribution in [2.75, 3.05) is 0 Å². The van der Waals surface area contributed by atoms with Gasteiger partial charge in [-0.25, -0.2) is 13.1 Å². The monoisotopic (exact) mass is 345 g/mol. The maximum absolute atomic E-state index is 12.2. The second-order valence-corrected chi connectivity index (χ2v) is 6.95. The van der Waals surface area contributed by atoms with Crippen LogP contribution in [0.5, 0.6) is 0 Å². The molecule has 0 bridgehead atoms. The summed E-state index contributed by atoms with van der Waals surface area (Å²) in [6.45, 7) is 0.0705. The van der Waals surface area contributed by atoms with Crippen LogP contribution >= 0.6 is 23.2 Å². The topological polar surface area (TPSA) is 66.4 Å². The fourth-order valence-electron chi connectivity index (χ4n) is 1.70. The second-order valence-electron chi connectivity index (χ2n) is 4.37. The minimum atomic E-state index is -3.74. The summed E-state index contributed by atoms with van der Waals surface area (Å²) < 4.78 is 26.9. The lowest BCUT2D eigenvalue weighted by Gasteiger charge is -2.09. The molecule has 2 aromatic rings. The number of sulfonamides is 1. The molecule has 0 saturated carbocycles. The molecule has 0 unspecified atom stereocenters. The van der Waals surface area contributed by atoms with E-state index in [4.69, 9.17) is 28.3 Å². The van der Waals surface area contributed by atoms with Crippen molar-refractivity contribution in [3.05, 3.63) is 63.6 Å². The normalized spacial score (nSPS) is 11.6. The molecule has 112 valence electrons. The Morgan fingerprint density at radius 2 is 1.62 bits per heavy atom. The highest BCUT2D eigenvalue weighted by molar-refractivity contribution is 7.89. The number of hydrogen-bond donors (Lipinski definition) is 2. The van der Waals surface area contributed by atoms with E-state index in [0.29, 0.717) is 5.02 Å². The lowest BCUT2D eigenvalue weighted by Crippen LogP contribution is -2.23. The molecule has 0 aliphatic rings. The highest BCUT2D eigenvalue weighted by Crippen LogP contribution is 2.24. The van der Waals surface area contributed by atoms with Crippen molar-refractivity contribution in [2.24, 2.45) is 0 Å². The van der Waals surface area contributed by atoms with Gasteiger partial charge in [-0.1, -0.05) is 47.5 Å². The van der Waals surface area contributed by atoms with Crippen LogP contribution in [0, 0.1) is 0 Å². The van der Waals surface area contributed by atoms with Crippen LogP contribution in [0.25, 0.3) is 0 Å². The lowest BCUT2D eigenvalue weighted by atomic mass is 10.1. The zero-order valence-corrected chi connectivity index (χ0v) is 13.2. The highest BCUT2D eigenvalue weighted by Gasteiger charge is 2.18. The summed E-state index contributed by atoms with van der Waals surface area (Å²) in [6.07, 6.45) is 0. The van der Waals surface area contributed by atoms with Crippen molar-refractivity contribution in [1.29, 1.82) is 0 Å². The maximum Gasteiger partial charge on any atom is 0.242 e. The van der Waals surface area contributed by atoms with Crippen LogP contribution in [0.4, 0.5) is 0 Å². The molecule has 0 aliphatic heterocycles.